The van der Waals surface area contributed by atoms with Gasteiger partial charge >= 0.3 is 0 Å². The lowest BCUT2D eigenvalue weighted by atomic mass is 10.1. The van der Waals surface area contributed by atoms with Crippen molar-refractivity contribution in [1.29, 1.82) is 0 Å². The molecule has 1 amide bonds. The van der Waals surface area contributed by atoms with E-state index in [1.807, 2.05) is 31.2 Å². The van der Waals surface area contributed by atoms with Crippen molar-refractivity contribution in [3.05, 3.63) is 59.7 Å². The summed E-state index contributed by atoms with van der Waals surface area (Å²) in [5.74, 6) is 0.437. The zero-order valence-electron chi connectivity index (χ0n) is 13.5. The van der Waals surface area contributed by atoms with E-state index in [1.165, 1.54) is 5.56 Å². The fourth-order valence-electron chi connectivity index (χ4n) is 2.16. The van der Waals surface area contributed by atoms with Crippen LogP contribution in [0.4, 0.5) is 5.69 Å². The first-order valence-corrected chi connectivity index (χ1v) is 7.77. The van der Waals surface area contributed by atoms with Gasteiger partial charge in [-0.2, -0.15) is 0 Å². The molecule has 0 aliphatic carbocycles. The van der Waals surface area contributed by atoms with Crippen molar-refractivity contribution in [3.63, 3.8) is 0 Å². The van der Waals surface area contributed by atoms with Gasteiger partial charge in [-0.25, -0.2) is 0 Å². The van der Waals surface area contributed by atoms with Crippen molar-refractivity contribution in [2.45, 2.75) is 26.7 Å². The van der Waals surface area contributed by atoms with Crippen LogP contribution in [0, 0.1) is 0 Å². The van der Waals surface area contributed by atoms with Gasteiger partial charge in [0.25, 0.3) is 5.91 Å². The average molecular weight is 311 g/mol. The molecule has 0 radical (unpaired) electrons. The number of anilines is 1. The molecule has 0 atom stereocenters. The van der Waals surface area contributed by atoms with E-state index in [9.17, 15) is 9.59 Å². The molecule has 0 bridgehead atoms. The highest BCUT2D eigenvalue weighted by molar-refractivity contribution is 5.96. The lowest BCUT2D eigenvalue weighted by Gasteiger charge is -2.09. The number of carbonyl (C=O) groups excluding carboxylic acids is 2. The number of carbonyl (C=O) groups is 2. The summed E-state index contributed by atoms with van der Waals surface area (Å²) >= 11 is 0. The Bertz CT molecular complexity index is 677. The van der Waals surface area contributed by atoms with E-state index in [2.05, 4.69) is 12.2 Å². The SMILES string of the molecule is CCC(=O)c1ccc(OCC(=O)Nc2cccc(CC)c2)cc1. The second kappa shape index (κ2) is 8.13. The van der Waals surface area contributed by atoms with Crippen LogP contribution in [-0.4, -0.2) is 18.3 Å². The molecular formula is C19H21NO3. The van der Waals surface area contributed by atoms with Crippen molar-refractivity contribution in [2.24, 2.45) is 0 Å². The molecular weight excluding hydrogens is 290 g/mol. The van der Waals surface area contributed by atoms with E-state index in [0.29, 0.717) is 17.7 Å². The van der Waals surface area contributed by atoms with Crippen LogP contribution in [0.3, 0.4) is 0 Å². The van der Waals surface area contributed by atoms with Crippen LogP contribution < -0.4 is 10.1 Å². The predicted octanol–water partition coefficient (Wildman–Crippen LogP) is 3.86. The van der Waals surface area contributed by atoms with Gasteiger partial charge in [0.05, 0.1) is 0 Å². The molecule has 2 aromatic rings. The number of aryl methyl sites for hydroxylation is 1. The Morgan fingerprint density at radius 1 is 1.04 bits per heavy atom. The minimum absolute atomic E-state index is 0.0720. The maximum absolute atomic E-state index is 11.9. The van der Waals surface area contributed by atoms with Gasteiger partial charge in [-0.15, -0.1) is 0 Å². The van der Waals surface area contributed by atoms with Crippen molar-refractivity contribution in [3.8, 4) is 5.75 Å². The minimum atomic E-state index is -0.216. The Morgan fingerprint density at radius 3 is 2.43 bits per heavy atom. The van der Waals surface area contributed by atoms with Crippen LogP contribution in [0.1, 0.15) is 36.2 Å². The quantitative estimate of drug-likeness (QED) is 0.790. The first-order chi connectivity index (χ1) is 11.1. The number of rotatable bonds is 7. The zero-order valence-corrected chi connectivity index (χ0v) is 13.5. The summed E-state index contributed by atoms with van der Waals surface area (Å²) in [4.78, 5) is 23.5. The number of ketones is 1. The summed E-state index contributed by atoms with van der Waals surface area (Å²) in [5, 5.41) is 2.81. The van der Waals surface area contributed by atoms with E-state index < -0.39 is 0 Å². The first kappa shape index (κ1) is 16.7. The summed E-state index contributed by atoms with van der Waals surface area (Å²) in [6.45, 7) is 3.82. The van der Waals surface area contributed by atoms with Crippen molar-refractivity contribution in [1.82, 2.24) is 0 Å². The highest BCUT2D eigenvalue weighted by atomic mass is 16.5. The Labute approximate surface area is 136 Å². The van der Waals surface area contributed by atoms with Gasteiger partial charge in [0.2, 0.25) is 0 Å². The van der Waals surface area contributed by atoms with Crippen molar-refractivity contribution in [2.75, 3.05) is 11.9 Å². The number of hydrogen-bond donors (Lipinski definition) is 1. The van der Waals surface area contributed by atoms with Crippen LogP contribution >= 0.6 is 0 Å². The molecule has 2 rings (SSSR count). The molecule has 0 fully saturated rings. The van der Waals surface area contributed by atoms with Gasteiger partial charge in [-0.3, -0.25) is 9.59 Å². The number of hydrogen-bond acceptors (Lipinski definition) is 3. The van der Waals surface area contributed by atoms with Gasteiger partial charge in [0.1, 0.15) is 5.75 Å². The topological polar surface area (TPSA) is 55.4 Å². The summed E-state index contributed by atoms with van der Waals surface area (Å²) < 4.78 is 5.44. The van der Waals surface area contributed by atoms with E-state index in [0.717, 1.165) is 12.1 Å². The molecule has 0 spiro atoms. The molecule has 1 N–H and O–H groups in total. The normalized spacial score (nSPS) is 10.2. The maximum Gasteiger partial charge on any atom is 0.262 e. The fourth-order valence-corrected chi connectivity index (χ4v) is 2.16. The van der Waals surface area contributed by atoms with Gasteiger partial charge < -0.3 is 10.1 Å². The van der Waals surface area contributed by atoms with E-state index in [1.54, 1.807) is 24.3 Å². The number of Topliss-reactive ketones (excluding diaryl/α,β-unsaturated/α-hetero) is 1. The molecule has 0 aliphatic heterocycles. The Balaban J connectivity index is 1.87. The fraction of sp³-hybridized carbons (Fsp3) is 0.263. The smallest absolute Gasteiger partial charge is 0.262 e. The third-order valence-electron chi connectivity index (χ3n) is 3.49. The van der Waals surface area contributed by atoms with Crippen LogP contribution in [-0.2, 0) is 11.2 Å². The molecule has 0 saturated heterocycles. The summed E-state index contributed by atoms with van der Waals surface area (Å²) in [7, 11) is 0. The standard InChI is InChI=1S/C19H21NO3/c1-3-14-6-5-7-16(12-14)20-19(22)13-23-17-10-8-15(9-11-17)18(21)4-2/h5-12H,3-4,13H2,1-2H3,(H,20,22). The number of amides is 1. The Hall–Kier alpha value is -2.62. The monoisotopic (exact) mass is 311 g/mol. The van der Waals surface area contributed by atoms with Gasteiger partial charge in [-0.1, -0.05) is 26.0 Å². The molecule has 4 nitrogen and oxygen atoms in total. The van der Waals surface area contributed by atoms with Crippen molar-refractivity contribution < 1.29 is 14.3 Å². The summed E-state index contributed by atoms with van der Waals surface area (Å²) in [6, 6.07) is 14.6. The number of ether oxygens (including phenoxy) is 1. The Kier molecular flexibility index (Phi) is 5.92. The van der Waals surface area contributed by atoms with Crippen LogP contribution in [0.15, 0.2) is 48.5 Å². The highest BCUT2D eigenvalue weighted by Crippen LogP contribution is 2.14. The minimum Gasteiger partial charge on any atom is -0.484 e. The zero-order chi connectivity index (χ0) is 16.7. The molecule has 23 heavy (non-hydrogen) atoms. The van der Waals surface area contributed by atoms with Crippen LogP contribution in [0.2, 0.25) is 0 Å². The van der Waals surface area contributed by atoms with Crippen molar-refractivity contribution >= 4 is 17.4 Å². The molecule has 0 aliphatic rings. The molecule has 120 valence electrons. The van der Waals surface area contributed by atoms with E-state index in [4.69, 9.17) is 4.74 Å². The summed E-state index contributed by atoms with van der Waals surface area (Å²) in [6.07, 6.45) is 1.39. The van der Waals surface area contributed by atoms with E-state index in [-0.39, 0.29) is 18.3 Å². The third kappa shape index (κ3) is 4.95. The molecule has 0 heterocycles. The first-order valence-electron chi connectivity index (χ1n) is 7.77. The highest BCUT2D eigenvalue weighted by Gasteiger charge is 2.06. The molecule has 2 aromatic carbocycles. The molecule has 4 heteroatoms. The largest absolute Gasteiger partial charge is 0.484 e. The van der Waals surface area contributed by atoms with Gasteiger partial charge in [0.15, 0.2) is 12.4 Å². The lowest BCUT2D eigenvalue weighted by Crippen LogP contribution is -2.20. The van der Waals surface area contributed by atoms with E-state index >= 15 is 0 Å². The van der Waals surface area contributed by atoms with Crippen LogP contribution in [0.5, 0.6) is 5.75 Å². The Morgan fingerprint density at radius 2 is 1.78 bits per heavy atom. The second-order valence-corrected chi connectivity index (χ2v) is 5.19. The second-order valence-electron chi connectivity index (χ2n) is 5.19. The van der Waals surface area contributed by atoms with Gasteiger partial charge in [0, 0.05) is 17.7 Å². The average Bonchev–Trinajstić information content (AvgIpc) is 2.60. The number of nitrogens with one attached hydrogen (secondary N) is 1. The number of benzene rings is 2. The third-order valence-corrected chi connectivity index (χ3v) is 3.49. The lowest BCUT2D eigenvalue weighted by molar-refractivity contribution is -0.118. The van der Waals surface area contributed by atoms with Gasteiger partial charge in [-0.05, 0) is 48.4 Å². The molecule has 0 aromatic heterocycles. The molecule has 0 unspecified atom stereocenters. The maximum atomic E-state index is 11.9. The summed E-state index contributed by atoms with van der Waals surface area (Å²) in [5.41, 5.74) is 2.59. The predicted molar refractivity (Wildman–Crippen MR) is 91.0 cm³/mol. The van der Waals surface area contributed by atoms with Crippen LogP contribution in [0.25, 0.3) is 0 Å². The molecule has 0 saturated carbocycles.